The van der Waals surface area contributed by atoms with Gasteiger partial charge in [-0.3, -0.25) is 4.79 Å². The zero-order valence-corrected chi connectivity index (χ0v) is 19.7. The van der Waals surface area contributed by atoms with E-state index in [1.54, 1.807) is 30.4 Å². The van der Waals surface area contributed by atoms with Crippen molar-refractivity contribution in [3.63, 3.8) is 0 Å². The van der Waals surface area contributed by atoms with E-state index in [2.05, 4.69) is 5.32 Å². The second-order valence-corrected chi connectivity index (χ2v) is 7.23. The fourth-order valence-electron chi connectivity index (χ4n) is 3.36. The van der Waals surface area contributed by atoms with Crippen molar-refractivity contribution in [3.05, 3.63) is 89.1 Å². The zero-order chi connectivity index (χ0) is 25.4. The Kier molecular flexibility index (Phi) is 8.45. The van der Waals surface area contributed by atoms with Gasteiger partial charge in [-0.05, 0) is 47.5 Å². The van der Waals surface area contributed by atoms with Crippen LogP contribution in [0.15, 0.2) is 60.8 Å². The van der Waals surface area contributed by atoms with Crippen molar-refractivity contribution in [2.24, 2.45) is 0 Å². The lowest BCUT2D eigenvalue weighted by atomic mass is 10.1. The second-order valence-electron chi connectivity index (χ2n) is 7.23. The number of benzene rings is 3. The van der Waals surface area contributed by atoms with Crippen molar-refractivity contribution < 1.29 is 32.5 Å². The predicted molar refractivity (Wildman–Crippen MR) is 131 cm³/mol. The first kappa shape index (κ1) is 25.3. The summed E-state index contributed by atoms with van der Waals surface area (Å²) in [4.78, 5) is 12.2. The molecule has 0 saturated carbocycles. The number of hydrogen-bond donors (Lipinski definition) is 1. The van der Waals surface area contributed by atoms with Gasteiger partial charge in [-0.25, -0.2) is 8.78 Å². The van der Waals surface area contributed by atoms with Crippen LogP contribution in [0.4, 0.5) is 14.5 Å². The van der Waals surface area contributed by atoms with Crippen LogP contribution in [0.3, 0.4) is 0 Å². The largest absolute Gasteiger partial charge is 0.493 e. The first-order valence-corrected chi connectivity index (χ1v) is 10.5. The molecule has 0 bridgehead atoms. The number of ketones is 1. The normalized spacial score (nSPS) is 11.0. The molecule has 0 aliphatic carbocycles. The van der Waals surface area contributed by atoms with Gasteiger partial charge in [0, 0.05) is 17.8 Å². The molecule has 6 nitrogen and oxygen atoms in total. The molecule has 0 amide bonds. The van der Waals surface area contributed by atoms with Crippen molar-refractivity contribution in [3.8, 4) is 23.0 Å². The molecule has 0 fully saturated rings. The minimum absolute atomic E-state index is 0.0159. The van der Waals surface area contributed by atoms with Gasteiger partial charge in [0.05, 0.1) is 34.1 Å². The van der Waals surface area contributed by atoms with Crippen molar-refractivity contribution >= 4 is 23.6 Å². The molecule has 0 aromatic heterocycles. The van der Waals surface area contributed by atoms with Gasteiger partial charge < -0.3 is 24.3 Å². The number of halogens is 2. The Labute approximate surface area is 202 Å². The van der Waals surface area contributed by atoms with Gasteiger partial charge >= 0.3 is 0 Å². The van der Waals surface area contributed by atoms with Gasteiger partial charge in [-0.15, -0.1) is 0 Å². The summed E-state index contributed by atoms with van der Waals surface area (Å²) in [7, 11) is 5.91. The van der Waals surface area contributed by atoms with Gasteiger partial charge in [0.2, 0.25) is 5.75 Å². The lowest BCUT2D eigenvalue weighted by Crippen LogP contribution is -1.99. The molecule has 3 aromatic carbocycles. The van der Waals surface area contributed by atoms with Crippen LogP contribution in [0.1, 0.15) is 21.5 Å². The first-order chi connectivity index (χ1) is 16.9. The summed E-state index contributed by atoms with van der Waals surface area (Å²) in [5.41, 5.74) is 1.78. The molecule has 0 saturated heterocycles. The van der Waals surface area contributed by atoms with Crippen molar-refractivity contribution in [2.75, 3.05) is 33.8 Å². The zero-order valence-electron chi connectivity index (χ0n) is 19.7. The summed E-state index contributed by atoms with van der Waals surface area (Å²) >= 11 is 0. The Morgan fingerprint density at radius 3 is 2.00 bits per heavy atom. The Morgan fingerprint density at radius 1 is 0.800 bits per heavy atom. The molecule has 0 unspecified atom stereocenters. The van der Waals surface area contributed by atoms with Gasteiger partial charge in [-0.1, -0.05) is 24.3 Å². The number of ether oxygens (including phenoxy) is 4. The van der Waals surface area contributed by atoms with E-state index in [1.807, 2.05) is 0 Å². The molecule has 0 heterocycles. The van der Waals surface area contributed by atoms with Gasteiger partial charge in [-0.2, -0.15) is 0 Å². The summed E-state index contributed by atoms with van der Waals surface area (Å²) in [6.07, 6.45) is 6.04. The lowest BCUT2D eigenvalue weighted by molar-refractivity contribution is 0.104. The molecule has 3 aromatic rings. The summed E-state index contributed by atoms with van der Waals surface area (Å²) < 4.78 is 49.2. The SMILES string of the molecule is COc1cc(C=Cc2cc(F)c(OC)c(NC=CC(=O)c3cccc(F)c3)c2)cc(OC)c1OC. The third-order valence-corrected chi connectivity index (χ3v) is 5.01. The molecule has 3 rings (SSSR count). The van der Waals surface area contributed by atoms with Crippen LogP contribution in [0, 0.1) is 11.6 Å². The summed E-state index contributed by atoms with van der Waals surface area (Å²) in [5.74, 6) is -0.0773. The number of carbonyl (C=O) groups excluding carboxylic acids is 1. The monoisotopic (exact) mass is 481 g/mol. The van der Waals surface area contributed by atoms with Crippen LogP contribution in [0.2, 0.25) is 0 Å². The molecule has 1 N–H and O–H groups in total. The molecule has 0 aliphatic rings. The maximum atomic E-state index is 14.7. The molecule has 182 valence electrons. The third-order valence-electron chi connectivity index (χ3n) is 5.01. The van der Waals surface area contributed by atoms with Crippen LogP contribution in [0.5, 0.6) is 23.0 Å². The van der Waals surface area contributed by atoms with E-state index in [4.69, 9.17) is 18.9 Å². The van der Waals surface area contributed by atoms with E-state index in [9.17, 15) is 13.6 Å². The molecule has 35 heavy (non-hydrogen) atoms. The van der Waals surface area contributed by atoms with Crippen molar-refractivity contribution in [1.82, 2.24) is 0 Å². The number of allylic oxidation sites excluding steroid dienone is 1. The highest BCUT2D eigenvalue weighted by Gasteiger charge is 2.13. The minimum Gasteiger partial charge on any atom is -0.493 e. The fourth-order valence-corrected chi connectivity index (χ4v) is 3.36. The van der Waals surface area contributed by atoms with E-state index in [-0.39, 0.29) is 11.3 Å². The number of carbonyl (C=O) groups is 1. The summed E-state index contributed by atoms with van der Waals surface area (Å²) in [5, 5.41) is 2.86. The maximum absolute atomic E-state index is 14.7. The highest BCUT2D eigenvalue weighted by Crippen LogP contribution is 2.39. The first-order valence-electron chi connectivity index (χ1n) is 10.5. The molecule has 0 atom stereocenters. The molecular weight excluding hydrogens is 456 g/mol. The van der Waals surface area contributed by atoms with Crippen LogP contribution < -0.4 is 24.3 Å². The Hall–Kier alpha value is -4.33. The van der Waals surface area contributed by atoms with E-state index in [1.165, 1.54) is 65.0 Å². The standard InChI is InChI=1S/C27H25F2NO5/c1-32-24-14-18(15-25(33-2)27(24)35-4)9-8-17-12-21(29)26(34-3)22(13-17)30-11-10-23(31)19-6-5-7-20(28)16-19/h5-16,30H,1-4H3. The highest BCUT2D eigenvalue weighted by atomic mass is 19.1. The van der Waals surface area contributed by atoms with E-state index < -0.39 is 17.4 Å². The summed E-state index contributed by atoms with van der Waals surface area (Å²) in [6, 6.07) is 11.9. The number of hydrogen-bond acceptors (Lipinski definition) is 6. The van der Waals surface area contributed by atoms with Gasteiger partial charge in [0.1, 0.15) is 5.82 Å². The third kappa shape index (κ3) is 6.17. The number of rotatable bonds is 10. The smallest absolute Gasteiger partial charge is 0.203 e. The highest BCUT2D eigenvalue weighted by molar-refractivity contribution is 6.04. The Morgan fingerprint density at radius 2 is 1.43 bits per heavy atom. The minimum atomic E-state index is -0.591. The van der Waals surface area contributed by atoms with Crippen LogP contribution >= 0.6 is 0 Å². The average molecular weight is 481 g/mol. The second kappa shape index (κ2) is 11.7. The van der Waals surface area contributed by atoms with Crippen LogP contribution in [-0.2, 0) is 0 Å². The Bertz CT molecular complexity index is 1250. The lowest BCUT2D eigenvalue weighted by Gasteiger charge is -2.13. The molecular formula is C27H25F2NO5. The molecule has 8 heteroatoms. The summed E-state index contributed by atoms with van der Waals surface area (Å²) in [6.45, 7) is 0. The molecule has 0 radical (unpaired) electrons. The topological polar surface area (TPSA) is 66.0 Å². The van der Waals surface area contributed by atoms with E-state index >= 15 is 0 Å². The van der Waals surface area contributed by atoms with Crippen LogP contribution in [0.25, 0.3) is 12.2 Å². The van der Waals surface area contributed by atoms with Crippen molar-refractivity contribution in [2.45, 2.75) is 0 Å². The number of anilines is 1. The molecule has 0 spiro atoms. The fraction of sp³-hybridized carbons (Fsp3) is 0.148. The van der Waals surface area contributed by atoms with E-state index in [0.717, 1.165) is 11.6 Å². The van der Waals surface area contributed by atoms with Gasteiger partial charge in [0.25, 0.3) is 0 Å². The van der Waals surface area contributed by atoms with Crippen LogP contribution in [-0.4, -0.2) is 34.2 Å². The van der Waals surface area contributed by atoms with E-state index in [0.29, 0.717) is 28.5 Å². The van der Waals surface area contributed by atoms with Gasteiger partial charge in [0.15, 0.2) is 28.8 Å². The van der Waals surface area contributed by atoms with Crippen molar-refractivity contribution in [1.29, 1.82) is 0 Å². The maximum Gasteiger partial charge on any atom is 0.203 e. The predicted octanol–water partition coefficient (Wildman–Crippen LogP) is 5.98. The average Bonchev–Trinajstić information content (AvgIpc) is 2.86. The molecule has 0 aliphatic heterocycles. The number of nitrogens with one attached hydrogen (secondary N) is 1. The quantitative estimate of drug-likeness (QED) is 0.218. The number of methoxy groups -OCH3 is 4. The Balaban J connectivity index is 1.85.